The maximum Gasteiger partial charge on any atom is 0.413 e. The second-order valence-corrected chi connectivity index (χ2v) is 5.34. The lowest BCUT2D eigenvalue weighted by Gasteiger charge is -2.09. The Morgan fingerprint density at radius 2 is 2.00 bits per heavy atom. The van der Waals surface area contributed by atoms with Crippen LogP contribution in [0.2, 0.25) is 10.2 Å². The molecule has 18 heavy (non-hydrogen) atoms. The topological polar surface area (TPSA) is 68.3 Å². The van der Waals surface area contributed by atoms with E-state index in [9.17, 15) is 21.6 Å². The molecular weight excluding hydrogens is 320 g/mol. The van der Waals surface area contributed by atoms with Crippen molar-refractivity contribution >= 4 is 33.2 Å². The van der Waals surface area contributed by atoms with E-state index in [1.165, 1.54) is 4.89 Å². The molecule has 1 N–H and O–H groups in total. The number of sulfonamides is 1. The molecule has 1 aromatic heterocycles. The van der Waals surface area contributed by atoms with E-state index in [1.54, 1.807) is 0 Å². The Bertz CT molecular complexity index is 535. The smallest absolute Gasteiger partial charge is 0.277 e. The van der Waals surface area contributed by atoms with Gasteiger partial charge in [0.25, 0.3) is 10.0 Å². The number of hydrogen-bond acceptors (Lipinski definition) is 4. The standard InChI is InChI=1S/C7H5Cl2F3N2O3S/c8-5-1-4(2-13-6(5)9)18(15,16)14-17-3-7(10,11)12/h1-2,14H,3H2. The number of pyridine rings is 1. The maximum absolute atomic E-state index is 11.7. The third kappa shape index (κ3) is 4.58. The predicted octanol–water partition coefficient (Wildman–Crippen LogP) is 2.16. The molecule has 0 saturated heterocycles. The summed E-state index contributed by atoms with van der Waals surface area (Å²) in [7, 11) is -4.30. The van der Waals surface area contributed by atoms with Crippen LogP contribution in [0.3, 0.4) is 0 Å². The molecule has 0 aliphatic rings. The first-order chi connectivity index (χ1) is 8.12. The molecule has 5 nitrogen and oxygen atoms in total. The van der Waals surface area contributed by atoms with Crippen molar-refractivity contribution in [2.24, 2.45) is 0 Å². The van der Waals surface area contributed by atoms with Crippen LogP contribution in [0.1, 0.15) is 0 Å². The van der Waals surface area contributed by atoms with E-state index in [4.69, 9.17) is 23.2 Å². The lowest BCUT2D eigenvalue weighted by molar-refractivity contribution is -0.181. The van der Waals surface area contributed by atoms with E-state index in [0.717, 1.165) is 12.3 Å². The summed E-state index contributed by atoms with van der Waals surface area (Å²) in [6.45, 7) is -1.76. The van der Waals surface area contributed by atoms with Crippen molar-refractivity contribution in [1.29, 1.82) is 0 Å². The summed E-state index contributed by atoms with van der Waals surface area (Å²) in [5.41, 5.74) is 0. The molecule has 0 aliphatic carbocycles. The first-order valence-electron chi connectivity index (χ1n) is 4.13. The van der Waals surface area contributed by atoms with E-state index < -0.39 is 27.7 Å². The van der Waals surface area contributed by atoms with Crippen molar-refractivity contribution in [3.63, 3.8) is 0 Å². The van der Waals surface area contributed by atoms with Crippen molar-refractivity contribution in [3.05, 3.63) is 22.4 Å². The summed E-state index contributed by atoms with van der Waals surface area (Å²) in [4.78, 5) is 8.07. The molecule has 0 fully saturated rings. The molecule has 0 radical (unpaired) electrons. The van der Waals surface area contributed by atoms with Gasteiger partial charge in [0.2, 0.25) is 0 Å². The quantitative estimate of drug-likeness (QED) is 0.680. The van der Waals surface area contributed by atoms with Crippen molar-refractivity contribution in [1.82, 2.24) is 9.87 Å². The van der Waals surface area contributed by atoms with Gasteiger partial charge in [-0.25, -0.2) is 13.4 Å². The van der Waals surface area contributed by atoms with Crippen LogP contribution < -0.4 is 4.89 Å². The summed E-state index contributed by atoms with van der Waals surface area (Å²) in [6, 6.07) is 0.927. The Morgan fingerprint density at radius 3 is 2.50 bits per heavy atom. The molecule has 0 bridgehead atoms. The summed E-state index contributed by atoms with van der Waals surface area (Å²) in [5.74, 6) is 0. The molecule has 11 heteroatoms. The van der Waals surface area contributed by atoms with Crippen molar-refractivity contribution in [2.75, 3.05) is 6.61 Å². The van der Waals surface area contributed by atoms with Gasteiger partial charge in [-0.1, -0.05) is 28.1 Å². The second-order valence-electron chi connectivity index (χ2n) is 2.93. The molecule has 0 atom stereocenters. The van der Waals surface area contributed by atoms with Gasteiger partial charge in [0.15, 0.2) is 6.61 Å². The average Bonchev–Trinajstić information content (AvgIpc) is 2.19. The molecular formula is C7H5Cl2F3N2O3S. The van der Waals surface area contributed by atoms with Gasteiger partial charge in [-0.3, -0.25) is 4.84 Å². The molecule has 1 heterocycles. The van der Waals surface area contributed by atoms with Crippen molar-refractivity contribution < 1.29 is 26.4 Å². The van der Waals surface area contributed by atoms with Crippen LogP contribution in [0.5, 0.6) is 0 Å². The zero-order valence-electron chi connectivity index (χ0n) is 8.33. The summed E-state index contributed by atoms with van der Waals surface area (Å²) < 4.78 is 58.1. The van der Waals surface area contributed by atoms with E-state index in [2.05, 4.69) is 9.82 Å². The Morgan fingerprint density at radius 1 is 1.39 bits per heavy atom. The van der Waals surface area contributed by atoms with Crippen LogP contribution in [0.4, 0.5) is 13.2 Å². The molecule has 1 aromatic rings. The number of aromatic nitrogens is 1. The normalized spacial score (nSPS) is 12.7. The van der Waals surface area contributed by atoms with Gasteiger partial charge in [-0.05, 0) is 6.07 Å². The van der Waals surface area contributed by atoms with Gasteiger partial charge in [-0.2, -0.15) is 13.2 Å². The Labute approximate surface area is 110 Å². The Kier molecular flexibility index (Phi) is 4.78. The van der Waals surface area contributed by atoms with Crippen LogP contribution in [-0.2, 0) is 14.9 Å². The zero-order chi connectivity index (χ0) is 14.0. The minimum absolute atomic E-state index is 0.133. The fraction of sp³-hybridized carbons (Fsp3) is 0.286. The largest absolute Gasteiger partial charge is 0.413 e. The van der Waals surface area contributed by atoms with E-state index in [0.29, 0.717) is 0 Å². The number of halogens is 5. The third-order valence-corrected chi connectivity index (χ3v) is 3.35. The zero-order valence-corrected chi connectivity index (χ0v) is 10.7. The molecule has 0 saturated carbocycles. The van der Waals surface area contributed by atoms with Gasteiger partial charge < -0.3 is 0 Å². The van der Waals surface area contributed by atoms with E-state index in [1.807, 2.05) is 0 Å². The molecule has 0 amide bonds. The van der Waals surface area contributed by atoms with Gasteiger partial charge in [0.05, 0.1) is 5.02 Å². The lowest BCUT2D eigenvalue weighted by Crippen LogP contribution is -2.29. The van der Waals surface area contributed by atoms with Crippen LogP contribution in [0.15, 0.2) is 17.2 Å². The fourth-order valence-corrected chi connectivity index (χ4v) is 1.90. The summed E-state index contributed by atoms with van der Waals surface area (Å²) in [5, 5.41) is -0.290. The highest BCUT2D eigenvalue weighted by Gasteiger charge is 2.29. The van der Waals surface area contributed by atoms with Crippen LogP contribution in [-0.4, -0.2) is 26.2 Å². The SMILES string of the molecule is O=S(=O)(NOCC(F)(F)F)c1cnc(Cl)c(Cl)c1. The second kappa shape index (κ2) is 5.57. The molecule has 0 unspecified atom stereocenters. The average molecular weight is 325 g/mol. The molecule has 1 rings (SSSR count). The fourth-order valence-electron chi connectivity index (χ4n) is 0.788. The van der Waals surface area contributed by atoms with Crippen LogP contribution in [0.25, 0.3) is 0 Å². The summed E-state index contributed by atoms with van der Waals surface area (Å²) >= 11 is 11.0. The Hall–Kier alpha value is -0.610. The van der Waals surface area contributed by atoms with Crippen LogP contribution >= 0.6 is 23.2 Å². The van der Waals surface area contributed by atoms with Crippen LogP contribution in [0, 0.1) is 0 Å². The molecule has 0 spiro atoms. The number of rotatable bonds is 4. The van der Waals surface area contributed by atoms with Gasteiger partial charge in [0, 0.05) is 6.20 Å². The van der Waals surface area contributed by atoms with Gasteiger partial charge >= 0.3 is 6.18 Å². The minimum atomic E-state index is -4.65. The highest BCUT2D eigenvalue weighted by atomic mass is 35.5. The predicted molar refractivity (Wildman–Crippen MR) is 56.6 cm³/mol. The number of nitrogens with one attached hydrogen (secondary N) is 1. The van der Waals surface area contributed by atoms with Gasteiger partial charge in [-0.15, -0.1) is 0 Å². The number of alkyl halides is 3. The highest BCUT2D eigenvalue weighted by molar-refractivity contribution is 7.89. The molecule has 0 aliphatic heterocycles. The van der Waals surface area contributed by atoms with E-state index >= 15 is 0 Å². The first kappa shape index (κ1) is 15.4. The third-order valence-electron chi connectivity index (χ3n) is 1.49. The maximum atomic E-state index is 11.7. The number of hydrogen-bond donors (Lipinski definition) is 1. The monoisotopic (exact) mass is 324 g/mol. The number of nitrogens with zero attached hydrogens (tertiary/aromatic N) is 1. The summed E-state index contributed by atoms with van der Waals surface area (Å²) in [6.07, 6.45) is -3.83. The van der Waals surface area contributed by atoms with E-state index in [-0.39, 0.29) is 10.2 Å². The highest BCUT2D eigenvalue weighted by Crippen LogP contribution is 2.22. The van der Waals surface area contributed by atoms with Gasteiger partial charge in [0.1, 0.15) is 10.0 Å². The molecule has 0 aromatic carbocycles. The molecule has 102 valence electrons. The van der Waals surface area contributed by atoms with Crippen molar-refractivity contribution in [2.45, 2.75) is 11.1 Å². The lowest BCUT2D eigenvalue weighted by atomic mass is 10.5. The minimum Gasteiger partial charge on any atom is -0.277 e. The Balaban J connectivity index is 2.77. The first-order valence-corrected chi connectivity index (χ1v) is 6.37. The van der Waals surface area contributed by atoms with Crippen molar-refractivity contribution in [3.8, 4) is 0 Å².